The molecule has 0 saturated heterocycles. The first-order chi connectivity index (χ1) is 8.80. The second-order valence-electron chi connectivity index (χ2n) is 6.59. The van der Waals surface area contributed by atoms with Crippen molar-refractivity contribution in [3.05, 3.63) is 0 Å². The molecule has 0 bridgehead atoms. The number of nitrogens with one attached hydrogen (secondary N) is 1. The quantitative estimate of drug-likeness (QED) is 0.772. The highest BCUT2D eigenvalue weighted by atomic mass is 16.1. The number of primary amides is 1. The van der Waals surface area contributed by atoms with Crippen LogP contribution >= 0.6 is 0 Å². The van der Waals surface area contributed by atoms with Gasteiger partial charge in [-0.2, -0.15) is 0 Å². The van der Waals surface area contributed by atoms with Crippen molar-refractivity contribution in [3.63, 3.8) is 0 Å². The van der Waals surface area contributed by atoms with Crippen molar-refractivity contribution in [2.45, 2.75) is 70.5 Å². The third-order valence-electron chi connectivity index (χ3n) is 4.98. The fraction of sp³-hybridized carbons (Fsp3) is 0.933. The largest absolute Gasteiger partial charge is 0.368 e. The highest BCUT2D eigenvalue weighted by molar-refractivity contribution is 5.84. The van der Waals surface area contributed by atoms with Gasteiger partial charge in [0.2, 0.25) is 5.91 Å². The summed E-state index contributed by atoms with van der Waals surface area (Å²) in [6.45, 7) is 6.42. The Balaban J connectivity index is 2.61. The van der Waals surface area contributed by atoms with E-state index in [9.17, 15) is 4.79 Å². The fourth-order valence-electron chi connectivity index (χ4n) is 3.19. The zero-order valence-electron chi connectivity index (χ0n) is 13.2. The molecule has 4 unspecified atom stereocenters. The molecule has 112 valence electrons. The van der Waals surface area contributed by atoms with E-state index in [1.807, 2.05) is 6.92 Å². The van der Waals surface area contributed by atoms with Gasteiger partial charge in [-0.1, -0.05) is 19.8 Å². The van der Waals surface area contributed by atoms with Crippen molar-refractivity contribution >= 4 is 5.91 Å². The predicted octanol–water partition coefficient (Wildman–Crippen LogP) is 1.74. The van der Waals surface area contributed by atoms with Crippen LogP contribution in [0.3, 0.4) is 0 Å². The Morgan fingerprint density at radius 3 is 2.63 bits per heavy atom. The molecule has 0 radical (unpaired) electrons. The summed E-state index contributed by atoms with van der Waals surface area (Å²) in [6.07, 6.45) is 5.97. The number of amides is 1. The van der Waals surface area contributed by atoms with Crippen LogP contribution in [0.25, 0.3) is 0 Å². The van der Waals surface area contributed by atoms with Gasteiger partial charge in [0.15, 0.2) is 0 Å². The average molecular weight is 269 g/mol. The van der Waals surface area contributed by atoms with Crippen LogP contribution in [0.5, 0.6) is 0 Å². The fourth-order valence-corrected chi connectivity index (χ4v) is 3.19. The molecule has 1 aliphatic carbocycles. The normalized spacial score (nSPS) is 28.9. The van der Waals surface area contributed by atoms with E-state index in [1.165, 1.54) is 25.7 Å². The zero-order valence-corrected chi connectivity index (χ0v) is 13.2. The maximum Gasteiger partial charge on any atom is 0.237 e. The van der Waals surface area contributed by atoms with Crippen molar-refractivity contribution in [1.82, 2.24) is 10.2 Å². The van der Waals surface area contributed by atoms with Crippen molar-refractivity contribution in [2.75, 3.05) is 14.1 Å². The minimum Gasteiger partial charge on any atom is -0.368 e. The van der Waals surface area contributed by atoms with Gasteiger partial charge in [0.05, 0.1) is 5.54 Å². The first kappa shape index (κ1) is 16.4. The van der Waals surface area contributed by atoms with Crippen LogP contribution in [0.15, 0.2) is 0 Å². The van der Waals surface area contributed by atoms with Crippen LogP contribution in [0.1, 0.15) is 52.9 Å². The lowest BCUT2D eigenvalue weighted by atomic mass is 9.84. The molecule has 19 heavy (non-hydrogen) atoms. The van der Waals surface area contributed by atoms with Gasteiger partial charge in [-0.15, -0.1) is 0 Å². The summed E-state index contributed by atoms with van der Waals surface area (Å²) in [4.78, 5) is 14.0. The first-order valence-electron chi connectivity index (χ1n) is 7.51. The molecule has 1 saturated carbocycles. The number of likely N-dealkylation sites (N-methyl/N-ethyl adjacent to an activating group) is 1. The van der Waals surface area contributed by atoms with Crippen LogP contribution in [-0.4, -0.2) is 42.5 Å². The second kappa shape index (κ2) is 6.71. The van der Waals surface area contributed by atoms with Crippen molar-refractivity contribution in [3.8, 4) is 0 Å². The van der Waals surface area contributed by atoms with E-state index in [-0.39, 0.29) is 5.91 Å². The minimum absolute atomic E-state index is 0.271. The van der Waals surface area contributed by atoms with E-state index >= 15 is 0 Å². The maximum atomic E-state index is 11.6. The molecule has 0 aliphatic heterocycles. The van der Waals surface area contributed by atoms with Crippen molar-refractivity contribution in [1.29, 1.82) is 0 Å². The molecule has 1 fully saturated rings. The third-order valence-corrected chi connectivity index (χ3v) is 4.98. The molecule has 4 atom stereocenters. The summed E-state index contributed by atoms with van der Waals surface area (Å²) in [5.74, 6) is 0.549. The molecule has 0 aromatic heterocycles. The van der Waals surface area contributed by atoms with Crippen LogP contribution in [-0.2, 0) is 4.79 Å². The van der Waals surface area contributed by atoms with Crippen molar-refractivity contribution in [2.24, 2.45) is 11.7 Å². The Morgan fingerprint density at radius 1 is 1.53 bits per heavy atom. The lowest BCUT2D eigenvalue weighted by molar-refractivity contribution is -0.124. The summed E-state index contributed by atoms with van der Waals surface area (Å²) >= 11 is 0. The molecule has 1 aliphatic rings. The Bertz CT molecular complexity index is 308. The molecule has 0 aromatic carbocycles. The van der Waals surface area contributed by atoms with Crippen LogP contribution < -0.4 is 11.1 Å². The average Bonchev–Trinajstić information content (AvgIpc) is 2.37. The Kier molecular flexibility index (Phi) is 5.81. The highest BCUT2D eigenvalue weighted by Gasteiger charge is 2.34. The molecule has 0 heterocycles. The summed E-state index contributed by atoms with van der Waals surface area (Å²) < 4.78 is 0. The number of rotatable bonds is 6. The Morgan fingerprint density at radius 2 is 2.16 bits per heavy atom. The Labute approximate surface area is 118 Å². The van der Waals surface area contributed by atoms with E-state index in [0.29, 0.717) is 12.1 Å². The topological polar surface area (TPSA) is 58.4 Å². The number of carbonyl (C=O) groups excluding carboxylic acids is 1. The van der Waals surface area contributed by atoms with E-state index in [0.717, 1.165) is 12.3 Å². The molecule has 0 spiro atoms. The number of hydrogen-bond acceptors (Lipinski definition) is 3. The van der Waals surface area contributed by atoms with E-state index in [1.54, 1.807) is 7.05 Å². The van der Waals surface area contributed by atoms with Gasteiger partial charge in [0.1, 0.15) is 0 Å². The number of carbonyl (C=O) groups is 1. The van der Waals surface area contributed by atoms with E-state index < -0.39 is 5.54 Å². The van der Waals surface area contributed by atoms with Crippen LogP contribution in [0.4, 0.5) is 0 Å². The third kappa shape index (κ3) is 4.18. The van der Waals surface area contributed by atoms with Crippen LogP contribution in [0.2, 0.25) is 0 Å². The molecular formula is C15H31N3O. The predicted molar refractivity (Wildman–Crippen MR) is 79.9 cm³/mol. The minimum atomic E-state index is -0.617. The summed E-state index contributed by atoms with van der Waals surface area (Å²) in [6, 6.07) is 0.994. The first-order valence-corrected chi connectivity index (χ1v) is 7.51. The summed E-state index contributed by atoms with van der Waals surface area (Å²) in [7, 11) is 3.99. The SMILES string of the molecule is CNC(C)(CC(C)N(C)C1CCCC(C)C1)C(N)=O. The molecule has 1 rings (SSSR count). The molecule has 0 aromatic rings. The second-order valence-corrected chi connectivity index (χ2v) is 6.59. The number of nitrogens with two attached hydrogens (primary N) is 1. The van der Waals surface area contributed by atoms with E-state index in [4.69, 9.17) is 5.73 Å². The van der Waals surface area contributed by atoms with Gasteiger partial charge < -0.3 is 16.0 Å². The highest BCUT2D eigenvalue weighted by Crippen LogP contribution is 2.29. The van der Waals surface area contributed by atoms with Gasteiger partial charge in [0.25, 0.3) is 0 Å². The van der Waals surface area contributed by atoms with Gasteiger partial charge in [-0.25, -0.2) is 0 Å². The van der Waals surface area contributed by atoms with Crippen molar-refractivity contribution < 1.29 is 4.79 Å². The van der Waals surface area contributed by atoms with Crippen LogP contribution in [0, 0.1) is 5.92 Å². The smallest absolute Gasteiger partial charge is 0.237 e. The lowest BCUT2D eigenvalue weighted by Gasteiger charge is -2.40. The molecule has 3 N–H and O–H groups in total. The molecule has 1 amide bonds. The standard InChI is InChI=1S/C15H31N3O/c1-11-7-6-8-13(9-11)18(5)12(2)10-15(3,17-4)14(16)19/h11-13,17H,6-10H2,1-5H3,(H2,16,19). The van der Waals surface area contributed by atoms with Gasteiger partial charge in [-0.3, -0.25) is 4.79 Å². The monoisotopic (exact) mass is 269 g/mol. The molecule has 4 nitrogen and oxygen atoms in total. The van der Waals surface area contributed by atoms with E-state index in [2.05, 4.69) is 31.1 Å². The zero-order chi connectivity index (χ0) is 14.6. The van der Waals surface area contributed by atoms with Gasteiger partial charge >= 0.3 is 0 Å². The van der Waals surface area contributed by atoms with Gasteiger partial charge in [0, 0.05) is 12.1 Å². The summed E-state index contributed by atoms with van der Waals surface area (Å²) in [5, 5.41) is 3.07. The number of hydrogen-bond donors (Lipinski definition) is 2. The molecular weight excluding hydrogens is 238 g/mol. The number of nitrogens with zero attached hydrogens (tertiary/aromatic N) is 1. The summed E-state index contributed by atoms with van der Waals surface area (Å²) in [5.41, 5.74) is 4.89. The van der Waals surface area contributed by atoms with Gasteiger partial charge in [-0.05, 0) is 53.1 Å². The lowest BCUT2D eigenvalue weighted by Crippen LogP contribution is -2.55. The molecule has 4 heteroatoms. The Hall–Kier alpha value is -0.610. The maximum absolute atomic E-state index is 11.6.